The summed E-state index contributed by atoms with van der Waals surface area (Å²) in [5.74, 6) is -0.623. The van der Waals surface area contributed by atoms with Crippen molar-refractivity contribution in [3.05, 3.63) is 82.0 Å². The summed E-state index contributed by atoms with van der Waals surface area (Å²) in [6.45, 7) is 1.21. The second-order valence-corrected chi connectivity index (χ2v) is 9.00. The lowest BCUT2D eigenvalue weighted by Gasteiger charge is -2.19. The van der Waals surface area contributed by atoms with Crippen molar-refractivity contribution in [1.82, 2.24) is 14.3 Å². The summed E-state index contributed by atoms with van der Waals surface area (Å²) in [6.07, 6.45) is 1.00. The van der Waals surface area contributed by atoms with Gasteiger partial charge in [-0.2, -0.15) is 4.31 Å². The molecule has 3 rings (SSSR count). The Labute approximate surface area is 178 Å². The van der Waals surface area contributed by atoms with Crippen LogP contribution in [0.5, 0.6) is 0 Å². The minimum atomic E-state index is -3.69. The zero-order chi connectivity index (χ0) is 22.6. The minimum absolute atomic E-state index is 0.0684. The maximum absolute atomic E-state index is 13.1. The van der Waals surface area contributed by atoms with Gasteiger partial charge < -0.3 is 10.3 Å². The number of H-pyrrole nitrogens is 1. The van der Waals surface area contributed by atoms with Crippen molar-refractivity contribution in [2.24, 2.45) is 0 Å². The molecule has 3 aromatic rings. The number of carbonyl (C=O) groups is 1. The van der Waals surface area contributed by atoms with E-state index in [2.05, 4.69) is 15.3 Å². The standard InChI is InChI=1S/C21H21FN4O4S/c1-14-10-19(27)25-21(23-14)16-4-3-5-18(11-16)24-20(28)13-26(31(2,29)30)12-15-6-8-17(22)9-7-15/h3-11H,12-13H2,1-2H3,(H,24,28)(H,23,25,27). The number of hydrogen-bond acceptors (Lipinski definition) is 5. The van der Waals surface area contributed by atoms with E-state index in [1.165, 1.54) is 30.3 Å². The summed E-state index contributed by atoms with van der Waals surface area (Å²) in [7, 11) is -3.69. The number of nitrogens with zero attached hydrogens (tertiary/aromatic N) is 2. The van der Waals surface area contributed by atoms with Gasteiger partial charge in [-0.1, -0.05) is 24.3 Å². The Morgan fingerprint density at radius 3 is 2.52 bits per heavy atom. The van der Waals surface area contributed by atoms with Crippen LogP contribution in [0.25, 0.3) is 11.4 Å². The number of aromatic nitrogens is 2. The molecule has 10 heteroatoms. The highest BCUT2D eigenvalue weighted by atomic mass is 32.2. The lowest BCUT2D eigenvalue weighted by Crippen LogP contribution is -2.36. The molecule has 0 bridgehead atoms. The fraction of sp³-hybridized carbons (Fsp3) is 0.190. The van der Waals surface area contributed by atoms with Crippen molar-refractivity contribution in [1.29, 1.82) is 0 Å². The number of amides is 1. The first-order chi connectivity index (χ1) is 14.6. The van der Waals surface area contributed by atoms with E-state index in [1.807, 2.05) is 0 Å². The van der Waals surface area contributed by atoms with Gasteiger partial charge in [-0.3, -0.25) is 9.59 Å². The summed E-state index contributed by atoms with van der Waals surface area (Å²) in [4.78, 5) is 31.1. The second-order valence-electron chi connectivity index (χ2n) is 7.02. The van der Waals surface area contributed by atoms with Gasteiger partial charge in [0.25, 0.3) is 5.56 Å². The van der Waals surface area contributed by atoms with Gasteiger partial charge in [0.1, 0.15) is 11.6 Å². The Hall–Kier alpha value is -3.37. The van der Waals surface area contributed by atoms with Crippen LogP contribution in [0, 0.1) is 12.7 Å². The third kappa shape index (κ3) is 6.30. The molecule has 0 saturated carbocycles. The van der Waals surface area contributed by atoms with Crippen LogP contribution < -0.4 is 10.9 Å². The first-order valence-electron chi connectivity index (χ1n) is 9.28. The molecule has 0 saturated heterocycles. The molecule has 2 N–H and O–H groups in total. The summed E-state index contributed by atoms with van der Waals surface area (Å²) < 4.78 is 38.3. The number of aryl methyl sites for hydroxylation is 1. The van der Waals surface area contributed by atoms with Gasteiger partial charge in [-0.25, -0.2) is 17.8 Å². The van der Waals surface area contributed by atoms with Gasteiger partial charge >= 0.3 is 0 Å². The fourth-order valence-electron chi connectivity index (χ4n) is 2.90. The molecule has 0 aliphatic heterocycles. The molecule has 0 spiro atoms. The van der Waals surface area contributed by atoms with Gasteiger partial charge in [0.15, 0.2) is 0 Å². The van der Waals surface area contributed by atoms with Crippen LogP contribution in [0.1, 0.15) is 11.3 Å². The lowest BCUT2D eigenvalue weighted by atomic mass is 10.2. The van der Waals surface area contributed by atoms with Crippen LogP contribution in [0.15, 0.2) is 59.4 Å². The van der Waals surface area contributed by atoms with E-state index >= 15 is 0 Å². The van der Waals surface area contributed by atoms with Crippen LogP contribution >= 0.6 is 0 Å². The van der Waals surface area contributed by atoms with Crippen LogP contribution in [0.3, 0.4) is 0 Å². The SMILES string of the molecule is Cc1cc(=O)[nH]c(-c2cccc(NC(=O)CN(Cc3ccc(F)cc3)S(C)(=O)=O)c2)n1. The molecule has 0 unspecified atom stereocenters. The summed E-state index contributed by atoms with van der Waals surface area (Å²) in [5, 5.41) is 2.65. The third-order valence-electron chi connectivity index (χ3n) is 4.35. The summed E-state index contributed by atoms with van der Waals surface area (Å²) in [6, 6.07) is 13.4. The Kier molecular flexibility index (Phi) is 6.62. The number of rotatable bonds is 7. The topological polar surface area (TPSA) is 112 Å². The molecule has 0 fully saturated rings. The van der Waals surface area contributed by atoms with Crippen LogP contribution in [0.2, 0.25) is 0 Å². The predicted molar refractivity (Wildman–Crippen MR) is 115 cm³/mol. The van der Waals surface area contributed by atoms with E-state index in [-0.39, 0.29) is 12.1 Å². The summed E-state index contributed by atoms with van der Waals surface area (Å²) in [5.41, 5.74) is 1.82. The smallest absolute Gasteiger partial charge is 0.251 e. The fourth-order valence-corrected chi connectivity index (χ4v) is 3.64. The van der Waals surface area contributed by atoms with Crippen LogP contribution in [0.4, 0.5) is 10.1 Å². The molecule has 0 aliphatic carbocycles. The molecular weight excluding hydrogens is 423 g/mol. The van der Waals surface area contributed by atoms with Crippen molar-refractivity contribution < 1.29 is 17.6 Å². The zero-order valence-electron chi connectivity index (χ0n) is 16.9. The maximum atomic E-state index is 13.1. The van der Waals surface area contributed by atoms with Gasteiger partial charge in [-0.15, -0.1) is 0 Å². The molecule has 0 aliphatic rings. The van der Waals surface area contributed by atoms with Crippen molar-refractivity contribution in [2.45, 2.75) is 13.5 Å². The molecule has 31 heavy (non-hydrogen) atoms. The molecule has 2 aromatic carbocycles. The molecule has 8 nitrogen and oxygen atoms in total. The van der Waals surface area contributed by atoms with E-state index in [9.17, 15) is 22.4 Å². The largest absolute Gasteiger partial charge is 0.325 e. The van der Waals surface area contributed by atoms with Crippen molar-refractivity contribution in [3.63, 3.8) is 0 Å². The molecule has 0 atom stereocenters. The van der Waals surface area contributed by atoms with Crippen molar-refractivity contribution >= 4 is 21.6 Å². The highest BCUT2D eigenvalue weighted by Crippen LogP contribution is 2.19. The number of anilines is 1. The summed E-state index contributed by atoms with van der Waals surface area (Å²) >= 11 is 0. The average Bonchev–Trinajstić information content (AvgIpc) is 2.68. The van der Waals surface area contributed by atoms with Crippen molar-refractivity contribution in [2.75, 3.05) is 18.1 Å². The number of halogens is 1. The second kappa shape index (κ2) is 9.19. The monoisotopic (exact) mass is 444 g/mol. The number of sulfonamides is 1. The van der Waals surface area contributed by atoms with Crippen LogP contribution in [-0.4, -0.2) is 41.4 Å². The Bertz CT molecular complexity index is 1260. The maximum Gasteiger partial charge on any atom is 0.251 e. The first kappa shape index (κ1) is 22.3. The number of hydrogen-bond donors (Lipinski definition) is 2. The number of nitrogens with one attached hydrogen (secondary N) is 2. The Morgan fingerprint density at radius 1 is 1.16 bits per heavy atom. The zero-order valence-corrected chi connectivity index (χ0v) is 17.7. The Balaban J connectivity index is 1.75. The Morgan fingerprint density at radius 2 is 1.87 bits per heavy atom. The number of benzene rings is 2. The van der Waals surface area contributed by atoms with Gasteiger partial charge in [0, 0.05) is 29.6 Å². The predicted octanol–water partition coefficient (Wildman–Crippen LogP) is 2.28. The first-order valence-corrected chi connectivity index (χ1v) is 11.1. The number of carbonyl (C=O) groups excluding carboxylic acids is 1. The highest BCUT2D eigenvalue weighted by Gasteiger charge is 2.21. The van der Waals surface area contributed by atoms with E-state index in [1.54, 1.807) is 31.2 Å². The quantitative estimate of drug-likeness (QED) is 0.581. The molecule has 162 valence electrons. The number of aromatic amines is 1. The third-order valence-corrected chi connectivity index (χ3v) is 5.55. The lowest BCUT2D eigenvalue weighted by molar-refractivity contribution is -0.116. The van der Waals surface area contributed by atoms with E-state index in [0.29, 0.717) is 28.3 Å². The average molecular weight is 444 g/mol. The van der Waals surface area contributed by atoms with Crippen molar-refractivity contribution in [3.8, 4) is 11.4 Å². The van der Waals surface area contributed by atoms with E-state index < -0.39 is 28.3 Å². The van der Waals surface area contributed by atoms with Gasteiger partial charge in [0.05, 0.1) is 12.8 Å². The molecule has 1 heterocycles. The molecular formula is C21H21FN4O4S. The molecule has 1 aromatic heterocycles. The normalized spacial score (nSPS) is 11.5. The van der Waals surface area contributed by atoms with Gasteiger partial charge in [-0.05, 0) is 36.8 Å². The highest BCUT2D eigenvalue weighted by molar-refractivity contribution is 7.88. The van der Waals surface area contributed by atoms with E-state index in [0.717, 1.165) is 10.6 Å². The van der Waals surface area contributed by atoms with Gasteiger partial charge in [0.2, 0.25) is 15.9 Å². The van der Waals surface area contributed by atoms with Crippen LogP contribution in [-0.2, 0) is 21.4 Å². The molecule has 1 amide bonds. The molecule has 0 radical (unpaired) electrons. The minimum Gasteiger partial charge on any atom is -0.325 e. The van der Waals surface area contributed by atoms with E-state index in [4.69, 9.17) is 0 Å².